The van der Waals surface area contributed by atoms with Crippen molar-refractivity contribution in [2.75, 3.05) is 16.6 Å². The molecule has 0 aliphatic heterocycles. The number of para-hydroxylation sites is 1. The minimum absolute atomic E-state index is 0.0502. The lowest BCUT2D eigenvalue weighted by atomic mass is 10.1. The molecule has 0 aliphatic carbocycles. The van der Waals surface area contributed by atoms with Crippen LogP contribution in [-0.4, -0.2) is 26.8 Å². The smallest absolute Gasteiger partial charge is 0.261 e. The zero-order valence-electron chi connectivity index (χ0n) is 16.8. The molecule has 9 heteroatoms. The number of rotatable bonds is 8. The van der Waals surface area contributed by atoms with Crippen LogP contribution in [0.1, 0.15) is 20.7 Å². The van der Waals surface area contributed by atoms with Crippen LogP contribution < -0.4 is 15.4 Å². The van der Waals surface area contributed by atoms with E-state index < -0.39 is 15.9 Å². The first-order chi connectivity index (χ1) is 15.3. The van der Waals surface area contributed by atoms with E-state index in [0.717, 1.165) is 0 Å². The molecule has 0 heterocycles. The molecule has 0 aromatic heterocycles. The molecule has 3 N–H and O–H groups in total. The van der Waals surface area contributed by atoms with Crippen molar-refractivity contribution in [3.8, 4) is 0 Å². The van der Waals surface area contributed by atoms with Crippen LogP contribution >= 0.6 is 11.6 Å². The number of benzene rings is 3. The van der Waals surface area contributed by atoms with Crippen LogP contribution in [0.25, 0.3) is 0 Å². The fourth-order valence-electron chi connectivity index (χ4n) is 2.79. The summed E-state index contributed by atoms with van der Waals surface area (Å²) in [6.07, 6.45) is 1.55. The van der Waals surface area contributed by atoms with Gasteiger partial charge in [-0.1, -0.05) is 48.0 Å². The molecule has 7 nitrogen and oxygen atoms in total. The van der Waals surface area contributed by atoms with Crippen molar-refractivity contribution in [3.05, 3.63) is 102 Å². The van der Waals surface area contributed by atoms with Gasteiger partial charge in [-0.3, -0.25) is 14.3 Å². The lowest BCUT2D eigenvalue weighted by molar-refractivity contribution is 0.0959. The number of nitrogens with one attached hydrogen (secondary N) is 3. The predicted octanol–water partition coefficient (Wildman–Crippen LogP) is 4.31. The Labute approximate surface area is 191 Å². The monoisotopic (exact) mass is 469 g/mol. The predicted molar refractivity (Wildman–Crippen MR) is 126 cm³/mol. The molecule has 32 heavy (non-hydrogen) atoms. The SMILES string of the molecule is C=CCNC(=O)c1ccccc1NC(=O)c1ccc(NS(=O)(=O)c2ccccc2)c(Cl)c1. The van der Waals surface area contributed by atoms with Gasteiger partial charge in [0.15, 0.2) is 0 Å². The molecule has 0 fully saturated rings. The number of anilines is 2. The van der Waals surface area contributed by atoms with Crippen molar-refractivity contribution in [3.63, 3.8) is 0 Å². The Morgan fingerprint density at radius 2 is 1.59 bits per heavy atom. The molecule has 0 atom stereocenters. The van der Waals surface area contributed by atoms with Crippen molar-refractivity contribution < 1.29 is 18.0 Å². The van der Waals surface area contributed by atoms with Gasteiger partial charge in [0.2, 0.25) is 0 Å². The van der Waals surface area contributed by atoms with Crippen LogP contribution in [0.4, 0.5) is 11.4 Å². The first kappa shape index (κ1) is 23.1. The number of halogens is 1. The number of carbonyl (C=O) groups is 2. The Morgan fingerprint density at radius 1 is 0.906 bits per heavy atom. The molecule has 3 rings (SSSR count). The van der Waals surface area contributed by atoms with Crippen molar-refractivity contribution in [2.45, 2.75) is 4.90 Å². The quantitative estimate of drug-likeness (QED) is 0.427. The molecular weight excluding hydrogens is 450 g/mol. The Kier molecular flexibility index (Phi) is 7.29. The highest BCUT2D eigenvalue weighted by molar-refractivity contribution is 7.92. The fraction of sp³-hybridized carbons (Fsp3) is 0.0435. The summed E-state index contributed by atoms with van der Waals surface area (Å²) in [4.78, 5) is 25.1. The van der Waals surface area contributed by atoms with Gasteiger partial charge in [-0.25, -0.2) is 8.42 Å². The molecule has 3 aromatic rings. The molecule has 0 saturated carbocycles. The molecule has 0 spiro atoms. The molecule has 0 aliphatic rings. The van der Waals surface area contributed by atoms with Crippen molar-refractivity contribution in [2.24, 2.45) is 0 Å². The summed E-state index contributed by atoms with van der Waals surface area (Å²) in [7, 11) is -3.83. The van der Waals surface area contributed by atoms with E-state index in [-0.39, 0.29) is 33.6 Å². The molecule has 0 bridgehead atoms. The van der Waals surface area contributed by atoms with Crippen molar-refractivity contribution in [1.82, 2.24) is 5.32 Å². The van der Waals surface area contributed by atoms with Crippen LogP contribution in [0.5, 0.6) is 0 Å². The highest BCUT2D eigenvalue weighted by Crippen LogP contribution is 2.26. The number of carbonyl (C=O) groups excluding carboxylic acids is 2. The summed E-state index contributed by atoms with van der Waals surface area (Å²) in [5.41, 5.74) is 0.945. The molecule has 0 unspecified atom stereocenters. The zero-order valence-corrected chi connectivity index (χ0v) is 18.4. The minimum atomic E-state index is -3.83. The number of amides is 2. The van der Waals surface area contributed by atoms with Gasteiger partial charge < -0.3 is 10.6 Å². The maximum atomic E-state index is 12.7. The minimum Gasteiger partial charge on any atom is -0.349 e. The second-order valence-corrected chi connectivity index (χ2v) is 8.70. The van der Waals surface area contributed by atoms with E-state index in [2.05, 4.69) is 21.9 Å². The normalized spacial score (nSPS) is 10.8. The van der Waals surface area contributed by atoms with Gasteiger partial charge in [0.25, 0.3) is 21.8 Å². The molecule has 0 saturated heterocycles. The largest absolute Gasteiger partial charge is 0.349 e. The van der Waals surface area contributed by atoms with Crippen LogP contribution in [0, 0.1) is 0 Å². The fourth-order valence-corrected chi connectivity index (χ4v) is 4.17. The van der Waals surface area contributed by atoms with Gasteiger partial charge in [0, 0.05) is 12.1 Å². The lowest BCUT2D eigenvalue weighted by Crippen LogP contribution is -2.25. The second-order valence-electron chi connectivity index (χ2n) is 6.61. The number of sulfonamides is 1. The molecule has 3 aromatic carbocycles. The average Bonchev–Trinajstić information content (AvgIpc) is 2.79. The van der Waals surface area contributed by atoms with Gasteiger partial charge in [0.05, 0.1) is 26.9 Å². The molecule has 0 radical (unpaired) electrons. The van der Waals surface area contributed by atoms with E-state index in [1.165, 1.54) is 30.3 Å². The third-order valence-electron chi connectivity index (χ3n) is 4.36. The van der Waals surface area contributed by atoms with E-state index in [4.69, 9.17) is 11.6 Å². The maximum absolute atomic E-state index is 12.7. The molecular formula is C23H20ClN3O4S. The summed E-state index contributed by atoms with van der Waals surface area (Å²) in [5.74, 6) is -0.863. The lowest BCUT2D eigenvalue weighted by Gasteiger charge is -2.13. The Bertz CT molecular complexity index is 1260. The molecule has 2 amide bonds. The summed E-state index contributed by atoms with van der Waals surface area (Å²) in [5, 5.41) is 5.39. The van der Waals surface area contributed by atoms with Crippen LogP contribution in [0.15, 0.2) is 90.3 Å². The first-order valence-electron chi connectivity index (χ1n) is 9.48. The van der Waals surface area contributed by atoms with E-state index in [0.29, 0.717) is 11.3 Å². The van der Waals surface area contributed by atoms with Gasteiger partial charge in [-0.15, -0.1) is 6.58 Å². The summed E-state index contributed by atoms with van der Waals surface area (Å²) >= 11 is 6.23. The van der Waals surface area contributed by atoms with E-state index in [1.54, 1.807) is 48.5 Å². The molecule has 164 valence electrons. The van der Waals surface area contributed by atoms with Crippen LogP contribution in [0.3, 0.4) is 0 Å². The van der Waals surface area contributed by atoms with E-state index in [1.807, 2.05) is 0 Å². The van der Waals surface area contributed by atoms with Gasteiger partial charge in [-0.2, -0.15) is 0 Å². The van der Waals surface area contributed by atoms with Crippen LogP contribution in [0.2, 0.25) is 5.02 Å². The highest BCUT2D eigenvalue weighted by Gasteiger charge is 2.18. The maximum Gasteiger partial charge on any atom is 0.261 e. The third kappa shape index (κ3) is 5.54. The second kappa shape index (κ2) is 10.1. The van der Waals surface area contributed by atoms with Gasteiger partial charge in [-0.05, 0) is 42.5 Å². The summed E-state index contributed by atoms with van der Waals surface area (Å²) < 4.78 is 27.4. The Morgan fingerprint density at radius 3 is 2.28 bits per heavy atom. The van der Waals surface area contributed by atoms with E-state index in [9.17, 15) is 18.0 Å². The summed E-state index contributed by atoms with van der Waals surface area (Å²) in [6.45, 7) is 3.84. The van der Waals surface area contributed by atoms with Gasteiger partial charge >= 0.3 is 0 Å². The third-order valence-corrected chi connectivity index (χ3v) is 6.05. The van der Waals surface area contributed by atoms with Crippen molar-refractivity contribution >= 4 is 44.8 Å². The topological polar surface area (TPSA) is 104 Å². The van der Waals surface area contributed by atoms with Crippen molar-refractivity contribution in [1.29, 1.82) is 0 Å². The Balaban J connectivity index is 1.78. The van der Waals surface area contributed by atoms with Gasteiger partial charge in [0.1, 0.15) is 0 Å². The number of hydrogen-bond acceptors (Lipinski definition) is 4. The number of hydrogen-bond donors (Lipinski definition) is 3. The first-order valence-corrected chi connectivity index (χ1v) is 11.3. The van der Waals surface area contributed by atoms with E-state index >= 15 is 0 Å². The summed E-state index contributed by atoms with van der Waals surface area (Å²) in [6, 6.07) is 18.6. The Hall–Kier alpha value is -3.62. The average molecular weight is 470 g/mol. The highest BCUT2D eigenvalue weighted by atomic mass is 35.5. The zero-order chi connectivity index (χ0) is 23.1. The standard InChI is InChI=1S/C23H20ClN3O4S/c1-2-14-25-23(29)18-10-6-7-11-20(18)26-22(28)16-12-13-21(19(24)15-16)27-32(30,31)17-8-4-3-5-9-17/h2-13,15,27H,1,14H2,(H,25,29)(H,26,28). The van der Waals surface area contributed by atoms with Crippen LogP contribution in [-0.2, 0) is 10.0 Å².